The Balaban J connectivity index is 2.15. The summed E-state index contributed by atoms with van der Waals surface area (Å²) in [5.74, 6) is -1.82. The minimum absolute atomic E-state index is 0.0302. The average Bonchev–Trinajstić information content (AvgIpc) is 2.91. The van der Waals surface area contributed by atoms with Crippen LogP contribution in [-0.2, 0) is 18.9 Å². The van der Waals surface area contributed by atoms with E-state index in [9.17, 15) is 10.2 Å². The van der Waals surface area contributed by atoms with Crippen molar-refractivity contribution in [3.05, 3.63) is 10.4 Å². The number of nitrogens with zero attached hydrogens (tertiary/aromatic N) is 3. The second-order valence-corrected chi connectivity index (χ2v) is 6.36. The van der Waals surface area contributed by atoms with Crippen molar-refractivity contribution >= 4 is 0 Å². The van der Waals surface area contributed by atoms with Crippen LogP contribution in [0.25, 0.3) is 10.4 Å². The molecule has 0 aromatic rings. The van der Waals surface area contributed by atoms with Gasteiger partial charge in [0, 0.05) is 4.91 Å². The molecule has 126 valence electrons. The summed E-state index contributed by atoms with van der Waals surface area (Å²) < 4.78 is 22.6. The van der Waals surface area contributed by atoms with Crippen LogP contribution in [0.15, 0.2) is 5.11 Å². The lowest BCUT2D eigenvalue weighted by Crippen LogP contribution is -2.48. The maximum Gasteiger partial charge on any atom is 0.164 e. The van der Waals surface area contributed by atoms with Gasteiger partial charge in [0.2, 0.25) is 0 Å². The molecule has 9 nitrogen and oxygen atoms in total. The van der Waals surface area contributed by atoms with E-state index in [-0.39, 0.29) is 13.2 Å². The maximum atomic E-state index is 10.6. The van der Waals surface area contributed by atoms with Gasteiger partial charge >= 0.3 is 0 Å². The van der Waals surface area contributed by atoms with Gasteiger partial charge in [0.05, 0.1) is 19.3 Å². The Morgan fingerprint density at radius 3 is 2.05 bits per heavy atom. The maximum absolute atomic E-state index is 10.6. The largest absolute Gasteiger partial charge is 0.394 e. The molecule has 0 aromatic heterocycles. The minimum atomic E-state index is -1.10. The lowest BCUT2D eigenvalue weighted by Gasteiger charge is -2.28. The third-order valence-corrected chi connectivity index (χ3v) is 3.62. The van der Waals surface area contributed by atoms with Gasteiger partial charge in [-0.1, -0.05) is 5.11 Å². The van der Waals surface area contributed by atoms with Gasteiger partial charge in [0.15, 0.2) is 11.6 Å². The van der Waals surface area contributed by atoms with Gasteiger partial charge in [-0.05, 0) is 33.2 Å². The zero-order chi connectivity index (χ0) is 16.5. The van der Waals surface area contributed by atoms with E-state index in [1.807, 2.05) is 0 Å². The predicted octanol–water partition coefficient (Wildman–Crippen LogP) is 0.690. The van der Waals surface area contributed by atoms with Crippen molar-refractivity contribution in [2.45, 2.75) is 69.8 Å². The summed E-state index contributed by atoms with van der Waals surface area (Å²) in [6.45, 7) is 6.57. The van der Waals surface area contributed by atoms with Crippen LogP contribution < -0.4 is 0 Å². The fourth-order valence-electron chi connectivity index (χ4n) is 2.89. The molecule has 5 atom stereocenters. The number of azide groups is 1. The molecule has 2 N–H and O–H groups in total. The second kappa shape index (κ2) is 6.29. The molecule has 0 unspecified atom stereocenters. The molecular weight excluding hydrogens is 294 g/mol. The number of hydrogen-bond donors (Lipinski definition) is 2. The lowest BCUT2D eigenvalue weighted by molar-refractivity contribution is -0.179. The van der Waals surface area contributed by atoms with Crippen molar-refractivity contribution < 1.29 is 29.2 Å². The highest BCUT2D eigenvalue weighted by atomic mass is 16.8. The molecule has 0 amide bonds. The smallest absolute Gasteiger partial charge is 0.164 e. The first kappa shape index (κ1) is 17.4. The number of ether oxygens (including phenoxy) is 4. The number of rotatable bonds is 5. The van der Waals surface area contributed by atoms with Crippen LogP contribution in [0.2, 0.25) is 0 Å². The molecule has 22 heavy (non-hydrogen) atoms. The second-order valence-electron chi connectivity index (χ2n) is 6.36. The van der Waals surface area contributed by atoms with Gasteiger partial charge in [-0.15, -0.1) is 0 Å². The van der Waals surface area contributed by atoms with Crippen molar-refractivity contribution in [2.24, 2.45) is 5.11 Å². The Kier molecular flexibility index (Phi) is 4.98. The Bertz CT molecular complexity index is 451. The molecule has 0 radical (unpaired) electrons. The van der Waals surface area contributed by atoms with Crippen molar-refractivity contribution in [1.82, 2.24) is 0 Å². The standard InChI is InChI=1S/C13H23N3O6/c1-12(2)19-7(5-15-16-14)10(21-12)9(18)11-8(6-17)20-13(3,4)22-11/h7-11,17-18H,5-6H2,1-4H3/t7-,8-,9-,10-,11-/m1/s1. The first-order valence-electron chi connectivity index (χ1n) is 7.20. The van der Waals surface area contributed by atoms with Gasteiger partial charge in [-0.2, -0.15) is 0 Å². The number of hydrogen-bond acceptors (Lipinski definition) is 7. The molecule has 2 rings (SSSR count). The Labute approximate surface area is 128 Å². The monoisotopic (exact) mass is 317 g/mol. The summed E-state index contributed by atoms with van der Waals surface area (Å²) in [4.78, 5) is 2.70. The third-order valence-electron chi connectivity index (χ3n) is 3.62. The molecular formula is C13H23N3O6. The van der Waals surface area contributed by atoms with Crippen LogP contribution in [-0.4, -0.2) is 65.5 Å². The zero-order valence-electron chi connectivity index (χ0n) is 13.2. The molecule has 0 aromatic carbocycles. The number of aliphatic hydroxyl groups is 2. The minimum Gasteiger partial charge on any atom is -0.394 e. The van der Waals surface area contributed by atoms with Gasteiger partial charge in [-0.3, -0.25) is 0 Å². The third kappa shape index (κ3) is 3.69. The van der Waals surface area contributed by atoms with Crippen LogP contribution >= 0.6 is 0 Å². The van der Waals surface area contributed by atoms with Crippen LogP contribution in [0.5, 0.6) is 0 Å². The quantitative estimate of drug-likeness (QED) is 0.436. The zero-order valence-corrected chi connectivity index (χ0v) is 13.2. The molecule has 2 aliphatic rings. The van der Waals surface area contributed by atoms with E-state index in [0.717, 1.165) is 0 Å². The Morgan fingerprint density at radius 1 is 1.05 bits per heavy atom. The van der Waals surface area contributed by atoms with Crippen LogP contribution in [0.3, 0.4) is 0 Å². The molecule has 9 heteroatoms. The van der Waals surface area contributed by atoms with E-state index in [1.165, 1.54) is 0 Å². The topological polar surface area (TPSA) is 126 Å². The van der Waals surface area contributed by atoms with E-state index < -0.39 is 42.1 Å². The van der Waals surface area contributed by atoms with Gasteiger partial charge in [-0.25, -0.2) is 0 Å². The van der Waals surface area contributed by atoms with E-state index in [2.05, 4.69) is 10.0 Å². The molecule has 0 aliphatic carbocycles. The van der Waals surface area contributed by atoms with Crippen LogP contribution in [0.1, 0.15) is 27.7 Å². The molecule has 2 aliphatic heterocycles. The fourth-order valence-corrected chi connectivity index (χ4v) is 2.89. The van der Waals surface area contributed by atoms with Gasteiger partial charge in [0.25, 0.3) is 0 Å². The molecule has 0 bridgehead atoms. The molecule has 0 spiro atoms. The first-order chi connectivity index (χ1) is 10.2. The molecule has 2 saturated heterocycles. The highest BCUT2D eigenvalue weighted by molar-refractivity contribution is 4.96. The fraction of sp³-hybridized carbons (Fsp3) is 1.00. The normalized spacial score (nSPS) is 37.7. The van der Waals surface area contributed by atoms with Crippen molar-refractivity contribution in [2.75, 3.05) is 13.2 Å². The van der Waals surface area contributed by atoms with E-state index >= 15 is 0 Å². The van der Waals surface area contributed by atoms with Crippen LogP contribution in [0, 0.1) is 0 Å². The molecule has 2 heterocycles. The van der Waals surface area contributed by atoms with Crippen molar-refractivity contribution in [3.8, 4) is 0 Å². The predicted molar refractivity (Wildman–Crippen MR) is 74.8 cm³/mol. The first-order valence-corrected chi connectivity index (χ1v) is 7.20. The van der Waals surface area contributed by atoms with Gasteiger partial charge in [0.1, 0.15) is 24.4 Å². The summed E-state index contributed by atoms with van der Waals surface area (Å²) in [5.41, 5.74) is 8.46. The summed E-state index contributed by atoms with van der Waals surface area (Å²) >= 11 is 0. The van der Waals surface area contributed by atoms with E-state index in [1.54, 1.807) is 27.7 Å². The lowest BCUT2D eigenvalue weighted by atomic mass is 9.99. The Morgan fingerprint density at radius 2 is 1.55 bits per heavy atom. The summed E-state index contributed by atoms with van der Waals surface area (Å²) in [6.07, 6.45) is -3.89. The highest BCUT2D eigenvalue weighted by Gasteiger charge is 2.52. The Hall–Kier alpha value is -0.930. The highest BCUT2D eigenvalue weighted by Crippen LogP contribution is 2.36. The SMILES string of the molecule is CC1(C)O[C@@H]([C@H](O)[C@@H]2OC(C)(C)O[C@@H]2CN=[N+]=[N-])[C@@H](CO)O1. The van der Waals surface area contributed by atoms with Gasteiger partial charge < -0.3 is 29.2 Å². The average molecular weight is 317 g/mol. The number of aliphatic hydroxyl groups excluding tert-OH is 2. The summed E-state index contributed by atoms with van der Waals surface area (Å²) in [6, 6.07) is 0. The van der Waals surface area contributed by atoms with Crippen LogP contribution in [0.4, 0.5) is 0 Å². The summed E-state index contributed by atoms with van der Waals surface area (Å²) in [7, 11) is 0. The molecule has 2 fully saturated rings. The van der Waals surface area contributed by atoms with Crippen molar-refractivity contribution in [1.29, 1.82) is 0 Å². The van der Waals surface area contributed by atoms with Crippen molar-refractivity contribution in [3.63, 3.8) is 0 Å². The van der Waals surface area contributed by atoms with E-state index in [4.69, 9.17) is 24.5 Å². The van der Waals surface area contributed by atoms with E-state index in [0.29, 0.717) is 0 Å². The molecule has 0 saturated carbocycles. The summed E-state index contributed by atoms with van der Waals surface area (Å²) in [5, 5.41) is 23.5.